The number of sulfone groups is 1. The Balaban J connectivity index is 2.44. The molecule has 0 saturated heterocycles. The van der Waals surface area contributed by atoms with Gasteiger partial charge in [-0.25, -0.2) is 8.42 Å². The van der Waals surface area contributed by atoms with Gasteiger partial charge in [-0.15, -0.1) is 22.0 Å². The van der Waals surface area contributed by atoms with Gasteiger partial charge in [0.15, 0.2) is 15.5 Å². The largest absolute Gasteiger partial charge is 0.453 e. The molecule has 0 atom stereocenters. The predicted octanol–water partition coefficient (Wildman–Crippen LogP) is 3.08. The van der Waals surface area contributed by atoms with Gasteiger partial charge in [0.2, 0.25) is 5.89 Å². The van der Waals surface area contributed by atoms with Crippen molar-refractivity contribution in [2.24, 2.45) is 0 Å². The number of aromatic nitrogens is 2. The number of allylic oxidation sites excluding steroid dienone is 1. The number of benzene rings is 1. The summed E-state index contributed by atoms with van der Waals surface area (Å²) >= 11 is 6.96. The Kier molecular flexibility index (Phi) is 8.31. The first-order valence-corrected chi connectivity index (χ1v) is 12.1. The number of nitrogens with zero attached hydrogens (tertiary/aromatic N) is 2. The average Bonchev–Trinajstić information content (AvgIpc) is 3.20. The number of ether oxygens (including phenoxy) is 1. The van der Waals surface area contributed by atoms with Crippen LogP contribution in [0.15, 0.2) is 38.6 Å². The maximum absolute atomic E-state index is 13.0. The van der Waals surface area contributed by atoms with Gasteiger partial charge >= 0.3 is 12.1 Å². The summed E-state index contributed by atoms with van der Waals surface area (Å²) in [4.78, 5) is 11.7. The van der Waals surface area contributed by atoms with Crippen LogP contribution in [0, 0.1) is 5.41 Å². The van der Waals surface area contributed by atoms with E-state index in [1.807, 2.05) is 0 Å². The van der Waals surface area contributed by atoms with Crippen LogP contribution in [0.2, 0.25) is 0 Å². The third-order valence-electron chi connectivity index (χ3n) is 3.62. The quantitative estimate of drug-likeness (QED) is 0.295. The van der Waals surface area contributed by atoms with Crippen LogP contribution in [0.5, 0.6) is 0 Å². The van der Waals surface area contributed by atoms with Crippen molar-refractivity contribution < 1.29 is 35.5 Å². The molecule has 0 fully saturated rings. The summed E-state index contributed by atoms with van der Waals surface area (Å²) in [7, 11) is -3.55. The van der Waals surface area contributed by atoms with E-state index in [0.717, 1.165) is 6.26 Å². The van der Waals surface area contributed by atoms with E-state index in [4.69, 9.17) is 26.2 Å². The van der Waals surface area contributed by atoms with E-state index in [1.54, 1.807) is 6.26 Å². The highest BCUT2D eigenvalue weighted by Crippen LogP contribution is 2.29. The molecule has 1 heterocycles. The molecule has 174 valence electrons. The van der Waals surface area contributed by atoms with E-state index < -0.39 is 50.9 Å². The van der Waals surface area contributed by atoms with Gasteiger partial charge in [-0.2, -0.15) is 13.2 Å². The Bertz CT molecular complexity index is 1150. The molecule has 9 nitrogen and oxygen atoms in total. The molecule has 0 saturated carbocycles. The van der Waals surface area contributed by atoms with Crippen LogP contribution in [0.3, 0.4) is 0 Å². The van der Waals surface area contributed by atoms with E-state index in [1.165, 1.54) is 36.0 Å². The number of hydrogen-bond acceptors (Lipinski definition) is 10. The summed E-state index contributed by atoms with van der Waals surface area (Å²) in [6.45, 7) is -0.599. The van der Waals surface area contributed by atoms with Crippen molar-refractivity contribution in [2.75, 3.05) is 25.0 Å². The fraction of sp³-hybridized carbons (Fsp3) is 0.294. The van der Waals surface area contributed by atoms with Crippen LogP contribution >= 0.6 is 23.4 Å². The van der Waals surface area contributed by atoms with Crippen LogP contribution in [0.1, 0.15) is 5.89 Å². The van der Waals surface area contributed by atoms with Crippen LogP contribution in [0.25, 0.3) is 17.2 Å². The average molecular weight is 513 g/mol. The first kappa shape index (κ1) is 25.7. The van der Waals surface area contributed by atoms with Crippen molar-refractivity contribution in [2.45, 2.75) is 11.1 Å². The van der Waals surface area contributed by atoms with E-state index in [2.05, 4.69) is 15.5 Å². The fourth-order valence-corrected chi connectivity index (χ4v) is 3.30. The lowest BCUT2D eigenvalue weighted by atomic mass is 10.2. The van der Waals surface area contributed by atoms with Gasteiger partial charge in [-0.3, -0.25) is 10.2 Å². The standard InChI is InChI=1S/C17H16ClF3N4O5S2/c1-31-8-29-11(26)7-23-13(12(18)14(22)17(19,20)21)16-25-24-15(30-16)9-4-3-5-10(6-9)32(2,27)28/h3-6,22-23H,7-8H2,1-2H3/b13-12+,22-14?. The molecule has 0 aliphatic heterocycles. The highest BCUT2D eigenvalue weighted by Gasteiger charge is 2.38. The van der Waals surface area contributed by atoms with Gasteiger partial charge in [0, 0.05) is 11.8 Å². The van der Waals surface area contributed by atoms with E-state index >= 15 is 0 Å². The van der Waals surface area contributed by atoms with E-state index in [9.17, 15) is 26.4 Å². The Morgan fingerprint density at radius 1 is 1.34 bits per heavy atom. The molecule has 2 aromatic rings. The molecule has 15 heteroatoms. The molecule has 0 radical (unpaired) electrons. The number of nitrogens with one attached hydrogen (secondary N) is 2. The maximum Gasteiger partial charge on any atom is 0.434 e. The van der Waals surface area contributed by atoms with Crippen LogP contribution < -0.4 is 5.32 Å². The smallest absolute Gasteiger partial charge is 0.434 e. The van der Waals surface area contributed by atoms with Crippen LogP contribution in [0.4, 0.5) is 13.2 Å². The molecule has 0 bridgehead atoms. The number of carbonyl (C=O) groups is 1. The van der Waals surface area contributed by atoms with Crippen LogP contribution in [-0.4, -0.2) is 61.5 Å². The Labute approximate surface area is 189 Å². The second kappa shape index (κ2) is 10.4. The molecular weight excluding hydrogens is 497 g/mol. The third-order valence-corrected chi connectivity index (χ3v) is 5.46. The fourth-order valence-electron chi connectivity index (χ4n) is 2.13. The van der Waals surface area contributed by atoms with Gasteiger partial charge in [-0.05, 0) is 24.5 Å². The summed E-state index contributed by atoms with van der Waals surface area (Å²) < 4.78 is 72.6. The van der Waals surface area contributed by atoms with Crippen molar-refractivity contribution in [1.82, 2.24) is 15.5 Å². The first-order valence-electron chi connectivity index (χ1n) is 8.43. The van der Waals surface area contributed by atoms with E-state index in [0.29, 0.717) is 0 Å². The van der Waals surface area contributed by atoms with E-state index in [-0.39, 0.29) is 22.3 Å². The van der Waals surface area contributed by atoms with Gasteiger partial charge in [-0.1, -0.05) is 17.7 Å². The minimum atomic E-state index is -5.09. The number of halogens is 4. The van der Waals surface area contributed by atoms with Crippen molar-refractivity contribution in [3.8, 4) is 11.5 Å². The summed E-state index contributed by atoms with van der Waals surface area (Å²) in [5, 5.41) is 15.8. The number of hydrogen-bond donors (Lipinski definition) is 2. The second-order valence-electron chi connectivity index (χ2n) is 6.05. The summed E-state index contributed by atoms with van der Waals surface area (Å²) in [6.07, 6.45) is -2.42. The number of thioether (sulfide) groups is 1. The number of carbonyl (C=O) groups excluding carboxylic acids is 1. The molecule has 0 aliphatic carbocycles. The Morgan fingerprint density at radius 3 is 2.62 bits per heavy atom. The molecule has 2 rings (SSSR count). The number of rotatable bonds is 9. The topological polar surface area (TPSA) is 135 Å². The minimum Gasteiger partial charge on any atom is -0.453 e. The SMILES string of the molecule is CSCOC(=O)CN/C(=C(/Cl)C(=N)C(F)(F)F)c1nnc(-c2cccc(S(C)(=O)=O)c2)o1. The molecule has 0 aliphatic rings. The zero-order valence-electron chi connectivity index (χ0n) is 16.5. The first-order chi connectivity index (χ1) is 14.8. The predicted molar refractivity (Wildman–Crippen MR) is 112 cm³/mol. The number of alkyl halides is 3. The lowest BCUT2D eigenvalue weighted by Gasteiger charge is -2.12. The van der Waals surface area contributed by atoms with Crippen molar-refractivity contribution in [3.63, 3.8) is 0 Å². The molecule has 1 aromatic carbocycles. The van der Waals surface area contributed by atoms with Crippen molar-refractivity contribution >= 4 is 50.6 Å². The highest BCUT2D eigenvalue weighted by molar-refractivity contribution is 7.98. The van der Waals surface area contributed by atoms with Gasteiger partial charge < -0.3 is 14.5 Å². The summed E-state index contributed by atoms with van der Waals surface area (Å²) in [6, 6.07) is 5.44. The molecule has 2 N–H and O–H groups in total. The molecule has 32 heavy (non-hydrogen) atoms. The Morgan fingerprint density at radius 2 is 2.03 bits per heavy atom. The number of esters is 1. The maximum atomic E-state index is 13.0. The minimum absolute atomic E-state index is 0.0209. The molecule has 0 unspecified atom stereocenters. The van der Waals surface area contributed by atoms with Gasteiger partial charge in [0.25, 0.3) is 5.89 Å². The normalized spacial score (nSPS) is 12.8. The van der Waals surface area contributed by atoms with Gasteiger partial charge in [0.05, 0.1) is 9.93 Å². The van der Waals surface area contributed by atoms with Crippen molar-refractivity contribution in [1.29, 1.82) is 5.41 Å². The molecule has 0 spiro atoms. The monoisotopic (exact) mass is 512 g/mol. The lowest BCUT2D eigenvalue weighted by molar-refractivity contribution is -0.140. The lowest BCUT2D eigenvalue weighted by Crippen LogP contribution is -2.28. The molecular formula is C17H16ClF3N4O5S2. The van der Waals surface area contributed by atoms with Crippen LogP contribution in [-0.2, 0) is 19.4 Å². The summed E-state index contributed by atoms with van der Waals surface area (Å²) in [5.41, 5.74) is -2.35. The summed E-state index contributed by atoms with van der Waals surface area (Å²) in [5.74, 6) is -1.56. The van der Waals surface area contributed by atoms with Gasteiger partial charge in [0.1, 0.15) is 18.2 Å². The second-order valence-corrected chi connectivity index (χ2v) is 9.26. The Hall–Kier alpha value is -2.58. The third kappa shape index (κ3) is 6.71. The van der Waals surface area contributed by atoms with Crippen molar-refractivity contribution in [3.05, 3.63) is 35.2 Å². The molecule has 0 amide bonds. The molecule has 1 aromatic heterocycles. The zero-order chi connectivity index (χ0) is 24.1. The zero-order valence-corrected chi connectivity index (χ0v) is 18.9. The highest BCUT2D eigenvalue weighted by atomic mass is 35.5.